The smallest absolute Gasteiger partial charge is 0.303 e. The SMILES string of the molecule is CC(CCC(=O)O)NC(=O)CC(C)C1CCCCC1. The fourth-order valence-electron chi connectivity index (χ4n) is 2.91. The topological polar surface area (TPSA) is 66.4 Å². The second-order valence-corrected chi connectivity index (χ2v) is 5.98. The zero-order valence-corrected chi connectivity index (χ0v) is 12.2. The minimum absolute atomic E-state index is 0.0536. The molecule has 19 heavy (non-hydrogen) atoms. The van der Waals surface area contributed by atoms with Gasteiger partial charge in [-0.1, -0.05) is 39.0 Å². The van der Waals surface area contributed by atoms with Gasteiger partial charge in [-0.05, 0) is 25.2 Å². The maximum Gasteiger partial charge on any atom is 0.303 e. The van der Waals surface area contributed by atoms with Crippen LogP contribution in [0.3, 0.4) is 0 Å². The van der Waals surface area contributed by atoms with Crippen molar-refractivity contribution in [1.29, 1.82) is 0 Å². The third-order valence-corrected chi connectivity index (χ3v) is 4.16. The van der Waals surface area contributed by atoms with Crippen LogP contribution in [0.5, 0.6) is 0 Å². The molecule has 1 rings (SSSR count). The highest BCUT2D eigenvalue weighted by Gasteiger charge is 2.22. The Bertz CT molecular complexity index is 298. The van der Waals surface area contributed by atoms with Gasteiger partial charge < -0.3 is 10.4 Å². The van der Waals surface area contributed by atoms with E-state index in [2.05, 4.69) is 12.2 Å². The van der Waals surface area contributed by atoms with Gasteiger partial charge in [0, 0.05) is 18.9 Å². The summed E-state index contributed by atoms with van der Waals surface area (Å²) in [5.74, 6) is 0.383. The Balaban J connectivity index is 2.23. The summed E-state index contributed by atoms with van der Waals surface area (Å²) in [5.41, 5.74) is 0. The standard InChI is InChI=1S/C15H27NO3/c1-11(13-6-4-3-5-7-13)10-14(17)16-12(2)8-9-15(18)19/h11-13H,3-10H2,1-2H3,(H,16,17)(H,18,19). The molecule has 0 radical (unpaired) electrons. The average molecular weight is 269 g/mol. The van der Waals surface area contributed by atoms with E-state index in [0.29, 0.717) is 24.7 Å². The lowest BCUT2D eigenvalue weighted by molar-refractivity contribution is -0.137. The zero-order chi connectivity index (χ0) is 14.3. The predicted octanol–water partition coefficient (Wildman–Crippen LogP) is 2.96. The summed E-state index contributed by atoms with van der Waals surface area (Å²) >= 11 is 0. The molecule has 0 spiro atoms. The quantitative estimate of drug-likeness (QED) is 0.746. The molecule has 0 aromatic heterocycles. The van der Waals surface area contributed by atoms with Gasteiger partial charge in [0.15, 0.2) is 0 Å². The number of hydrogen-bond donors (Lipinski definition) is 2. The van der Waals surface area contributed by atoms with Gasteiger partial charge in [0.25, 0.3) is 0 Å². The lowest BCUT2D eigenvalue weighted by Gasteiger charge is -2.27. The first-order valence-corrected chi connectivity index (χ1v) is 7.50. The number of carbonyl (C=O) groups excluding carboxylic acids is 1. The molecule has 4 heteroatoms. The maximum absolute atomic E-state index is 11.9. The normalized spacial score (nSPS) is 19.7. The Hall–Kier alpha value is -1.06. The molecule has 1 saturated carbocycles. The second kappa shape index (κ2) is 8.18. The molecule has 0 aromatic rings. The third-order valence-electron chi connectivity index (χ3n) is 4.16. The Morgan fingerprint density at radius 2 is 1.84 bits per heavy atom. The molecule has 0 saturated heterocycles. The molecule has 2 N–H and O–H groups in total. The zero-order valence-electron chi connectivity index (χ0n) is 12.2. The number of hydrogen-bond acceptors (Lipinski definition) is 2. The number of rotatable bonds is 7. The van der Waals surface area contributed by atoms with E-state index in [4.69, 9.17) is 5.11 Å². The average Bonchev–Trinajstić information content (AvgIpc) is 2.37. The van der Waals surface area contributed by atoms with Gasteiger partial charge >= 0.3 is 5.97 Å². The number of nitrogens with one attached hydrogen (secondary N) is 1. The molecule has 110 valence electrons. The minimum Gasteiger partial charge on any atom is -0.481 e. The van der Waals surface area contributed by atoms with Crippen LogP contribution >= 0.6 is 0 Å². The van der Waals surface area contributed by atoms with E-state index >= 15 is 0 Å². The number of aliphatic carboxylic acids is 1. The molecule has 4 nitrogen and oxygen atoms in total. The third kappa shape index (κ3) is 6.60. The molecular weight excluding hydrogens is 242 g/mol. The number of carbonyl (C=O) groups is 2. The van der Waals surface area contributed by atoms with Crippen LogP contribution in [0, 0.1) is 11.8 Å². The Morgan fingerprint density at radius 1 is 1.21 bits per heavy atom. The van der Waals surface area contributed by atoms with Crippen molar-refractivity contribution in [3.63, 3.8) is 0 Å². The molecule has 1 amide bonds. The van der Waals surface area contributed by atoms with Gasteiger partial charge in [0.2, 0.25) is 5.91 Å². The maximum atomic E-state index is 11.9. The van der Waals surface area contributed by atoms with E-state index < -0.39 is 5.97 Å². The van der Waals surface area contributed by atoms with Crippen molar-refractivity contribution < 1.29 is 14.7 Å². The van der Waals surface area contributed by atoms with Crippen molar-refractivity contribution in [3.8, 4) is 0 Å². The summed E-state index contributed by atoms with van der Waals surface area (Å²) in [5, 5.41) is 11.5. The molecule has 0 bridgehead atoms. The number of amides is 1. The Kier molecular flexibility index (Phi) is 6.89. The van der Waals surface area contributed by atoms with Crippen LogP contribution in [0.15, 0.2) is 0 Å². The van der Waals surface area contributed by atoms with E-state index in [1.807, 2.05) is 6.92 Å². The monoisotopic (exact) mass is 269 g/mol. The number of carboxylic acids is 1. The van der Waals surface area contributed by atoms with Crippen LogP contribution in [0.1, 0.15) is 65.2 Å². The molecule has 1 aliphatic rings. The Morgan fingerprint density at radius 3 is 2.42 bits per heavy atom. The van der Waals surface area contributed by atoms with E-state index in [1.165, 1.54) is 32.1 Å². The highest BCUT2D eigenvalue weighted by molar-refractivity contribution is 5.76. The van der Waals surface area contributed by atoms with E-state index in [1.54, 1.807) is 0 Å². The summed E-state index contributed by atoms with van der Waals surface area (Å²) in [6.45, 7) is 4.03. The van der Waals surface area contributed by atoms with Crippen molar-refractivity contribution in [2.75, 3.05) is 0 Å². The first-order chi connectivity index (χ1) is 8.99. The summed E-state index contributed by atoms with van der Waals surface area (Å²) in [6.07, 6.45) is 7.62. The van der Waals surface area contributed by atoms with Crippen molar-refractivity contribution in [2.45, 2.75) is 71.3 Å². The lowest BCUT2D eigenvalue weighted by atomic mass is 9.79. The lowest BCUT2D eigenvalue weighted by Crippen LogP contribution is -2.34. The fraction of sp³-hybridized carbons (Fsp3) is 0.867. The van der Waals surface area contributed by atoms with E-state index in [0.717, 1.165) is 0 Å². The summed E-state index contributed by atoms with van der Waals surface area (Å²) in [4.78, 5) is 22.4. The molecule has 1 aliphatic carbocycles. The molecule has 2 unspecified atom stereocenters. The van der Waals surface area contributed by atoms with Crippen molar-refractivity contribution in [1.82, 2.24) is 5.32 Å². The first kappa shape index (κ1) is 16.0. The van der Waals surface area contributed by atoms with Crippen LogP contribution in [0.2, 0.25) is 0 Å². The van der Waals surface area contributed by atoms with Crippen molar-refractivity contribution in [3.05, 3.63) is 0 Å². The molecule has 1 fully saturated rings. The van der Waals surface area contributed by atoms with Crippen LogP contribution in [0.25, 0.3) is 0 Å². The predicted molar refractivity (Wildman–Crippen MR) is 74.8 cm³/mol. The molecule has 0 heterocycles. The summed E-state index contributed by atoms with van der Waals surface area (Å²) < 4.78 is 0. The van der Waals surface area contributed by atoms with Crippen molar-refractivity contribution >= 4 is 11.9 Å². The molecule has 0 aliphatic heterocycles. The van der Waals surface area contributed by atoms with Crippen LogP contribution < -0.4 is 5.32 Å². The Labute approximate surface area is 116 Å². The van der Waals surface area contributed by atoms with Crippen molar-refractivity contribution in [2.24, 2.45) is 11.8 Å². The van der Waals surface area contributed by atoms with Gasteiger partial charge in [-0.2, -0.15) is 0 Å². The fourth-order valence-corrected chi connectivity index (χ4v) is 2.91. The van der Waals surface area contributed by atoms with Crippen LogP contribution in [0.4, 0.5) is 0 Å². The van der Waals surface area contributed by atoms with Gasteiger partial charge in [-0.3, -0.25) is 9.59 Å². The molecular formula is C15H27NO3. The summed E-state index contributed by atoms with van der Waals surface area (Å²) in [6, 6.07) is -0.0536. The highest BCUT2D eigenvalue weighted by Crippen LogP contribution is 2.31. The van der Waals surface area contributed by atoms with Gasteiger partial charge in [0.1, 0.15) is 0 Å². The van der Waals surface area contributed by atoms with E-state index in [9.17, 15) is 9.59 Å². The van der Waals surface area contributed by atoms with Gasteiger partial charge in [-0.25, -0.2) is 0 Å². The molecule has 0 aromatic carbocycles. The van der Waals surface area contributed by atoms with Crippen LogP contribution in [-0.2, 0) is 9.59 Å². The van der Waals surface area contributed by atoms with Crippen LogP contribution in [-0.4, -0.2) is 23.0 Å². The molecule has 2 atom stereocenters. The first-order valence-electron chi connectivity index (χ1n) is 7.50. The van der Waals surface area contributed by atoms with Gasteiger partial charge in [0.05, 0.1) is 0 Å². The largest absolute Gasteiger partial charge is 0.481 e. The minimum atomic E-state index is -0.809. The van der Waals surface area contributed by atoms with E-state index in [-0.39, 0.29) is 18.4 Å². The number of carboxylic acid groups (broad SMARTS) is 1. The highest BCUT2D eigenvalue weighted by atomic mass is 16.4. The van der Waals surface area contributed by atoms with Gasteiger partial charge in [-0.15, -0.1) is 0 Å². The summed E-state index contributed by atoms with van der Waals surface area (Å²) in [7, 11) is 0. The second-order valence-electron chi connectivity index (χ2n) is 5.98.